The number of nitrogens with one attached hydrogen (secondary N) is 2. The molecule has 5 rings (SSSR count). The van der Waals surface area contributed by atoms with Crippen molar-refractivity contribution in [2.75, 3.05) is 0 Å². The number of carbonyl (C=O) groups is 1. The topological polar surface area (TPSA) is 110 Å². The maximum Gasteiger partial charge on any atom is 0.258 e. The molecule has 0 aliphatic heterocycles. The number of aryl methyl sites for hydroxylation is 1. The summed E-state index contributed by atoms with van der Waals surface area (Å²) in [4.78, 5) is 21.4. The van der Waals surface area contributed by atoms with E-state index >= 15 is 0 Å². The van der Waals surface area contributed by atoms with E-state index in [4.69, 9.17) is 4.52 Å². The van der Waals surface area contributed by atoms with E-state index in [1.165, 1.54) is 0 Å². The lowest BCUT2D eigenvalue weighted by Gasteiger charge is -2.06. The third kappa shape index (κ3) is 4.79. The molecular weight excluding hydrogens is 496 g/mol. The molecule has 1 amide bonds. The monoisotopic (exact) mass is 514 g/mol. The van der Waals surface area contributed by atoms with Crippen LogP contribution in [0.5, 0.6) is 0 Å². The lowest BCUT2D eigenvalue weighted by atomic mass is 10.1. The lowest BCUT2D eigenvalue weighted by Crippen LogP contribution is -2.22. The Bertz CT molecular complexity index is 1460. The fourth-order valence-electron chi connectivity index (χ4n) is 3.43. The molecule has 9 heteroatoms. The van der Waals surface area contributed by atoms with Gasteiger partial charge in [-0.25, -0.2) is 4.98 Å². The third-order valence-corrected chi connectivity index (χ3v) is 5.63. The Balaban J connectivity index is 1.27. The first kappa shape index (κ1) is 21.7. The molecule has 5 aromatic rings. The molecule has 2 N–H and O–H groups in total. The van der Waals surface area contributed by atoms with Gasteiger partial charge in [0.25, 0.3) is 11.8 Å². The second kappa shape index (κ2) is 9.40. The molecular formula is C25H19BrN6O2. The molecule has 0 aliphatic rings. The highest BCUT2D eigenvalue weighted by Crippen LogP contribution is 2.24. The van der Waals surface area contributed by atoms with Crippen molar-refractivity contribution >= 4 is 21.8 Å². The largest absolute Gasteiger partial charge is 0.348 e. The number of aromatic nitrogens is 5. The van der Waals surface area contributed by atoms with Crippen LogP contribution in [0.3, 0.4) is 0 Å². The minimum absolute atomic E-state index is 0.152. The number of hydrogen-bond donors (Lipinski definition) is 2. The predicted octanol–water partition coefficient (Wildman–Crippen LogP) is 5.19. The zero-order valence-corrected chi connectivity index (χ0v) is 19.7. The first-order valence-electron chi connectivity index (χ1n) is 10.5. The van der Waals surface area contributed by atoms with Crippen LogP contribution in [0.4, 0.5) is 0 Å². The highest BCUT2D eigenvalue weighted by Gasteiger charge is 2.16. The van der Waals surface area contributed by atoms with Crippen molar-refractivity contribution in [1.29, 1.82) is 0 Å². The van der Waals surface area contributed by atoms with Gasteiger partial charge in [0.05, 0.1) is 0 Å². The van der Waals surface area contributed by atoms with Gasteiger partial charge in [-0.2, -0.15) is 10.1 Å². The molecule has 0 aliphatic carbocycles. The van der Waals surface area contributed by atoms with Crippen LogP contribution in [0.2, 0.25) is 0 Å². The number of H-pyrrole nitrogens is 1. The van der Waals surface area contributed by atoms with Crippen molar-refractivity contribution in [1.82, 2.24) is 30.6 Å². The summed E-state index contributed by atoms with van der Waals surface area (Å²) in [6, 6.07) is 22.7. The van der Waals surface area contributed by atoms with Gasteiger partial charge in [-0.05, 0) is 48.9 Å². The van der Waals surface area contributed by atoms with Crippen molar-refractivity contribution in [3.63, 3.8) is 0 Å². The Kier molecular flexibility index (Phi) is 6.01. The van der Waals surface area contributed by atoms with Gasteiger partial charge in [-0.3, -0.25) is 9.89 Å². The first-order valence-corrected chi connectivity index (χ1v) is 11.3. The van der Waals surface area contributed by atoms with E-state index in [0.717, 1.165) is 21.2 Å². The predicted molar refractivity (Wildman–Crippen MR) is 131 cm³/mol. The minimum Gasteiger partial charge on any atom is -0.348 e. The lowest BCUT2D eigenvalue weighted by molar-refractivity contribution is 0.0951. The Morgan fingerprint density at radius 1 is 0.971 bits per heavy atom. The van der Waals surface area contributed by atoms with Gasteiger partial charge in [-0.1, -0.05) is 63.0 Å². The summed E-state index contributed by atoms with van der Waals surface area (Å²) in [5.41, 5.74) is 4.31. The van der Waals surface area contributed by atoms with Gasteiger partial charge in [0.2, 0.25) is 5.82 Å². The molecule has 0 saturated carbocycles. The molecule has 0 spiro atoms. The average molecular weight is 515 g/mol. The summed E-state index contributed by atoms with van der Waals surface area (Å²) < 4.78 is 6.33. The van der Waals surface area contributed by atoms with Gasteiger partial charge in [0.15, 0.2) is 11.6 Å². The summed E-state index contributed by atoms with van der Waals surface area (Å²) in [5.74, 6) is 1.40. The van der Waals surface area contributed by atoms with Gasteiger partial charge in [0.1, 0.15) is 0 Å². The molecule has 2 aromatic heterocycles. The number of benzene rings is 3. The highest BCUT2D eigenvalue weighted by atomic mass is 79.9. The smallest absolute Gasteiger partial charge is 0.258 e. The van der Waals surface area contributed by atoms with E-state index in [1.54, 1.807) is 24.3 Å². The SMILES string of the molecule is Cc1cccc(CNC(=O)c2ccc(-c3nc(-c4nc(-c5cccc(Br)c5)n[nH]4)no3)cc2)c1. The van der Waals surface area contributed by atoms with Crippen molar-refractivity contribution in [2.45, 2.75) is 13.5 Å². The van der Waals surface area contributed by atoms with E-state index in [9.17, 15) is 4.79 Å². The summed E-state index contributed by atoms with van der Waals surface area (Å²) in [6.45, 7) is 2.49. The molecule has 34 heavy (non-hydrogen) atoms. The highest BCUT2D eigenvalue weighted by molar-refractivity contribution is 9.10. The van der Waals surface area contributed by atoms with Crippen LogP contribution in [0.25, 0.3) is 34.5 Å². The third-order valence-electron chi connectivity index (χ3n) is 5.14. The maximum atomic E-state index is 12.5. The number of nitrogens with zero attached hydrogens (tertiary/aromatic N) is 4. The number of rotatable bonds is 6. The summed E-state index contributed by atoms with van der Waals surface area (Å²) >= 11 is 3.45. The molecule has 0 atom stereocenters. The Hall–Kier alpha value is -4.11. The number of hydrogen-bond acceptors (Lipinski definition) is 6. The molecule has 0 unspecified atom stereocenters. The normalized spacial score (nSPS) is 10.9. The average Bonchev–Trinajstić information content (AvgIpc) is 3.53. The number of carbonyl (C=O) groups excluding carboxylic acids is 1. The Morgan fingerprint density at radius 3 is 2.59 bits per heavy atom. The molecule has 3 aromatic carbocycles. The zero-order valence-electron chi connectivity index (χ0n) is 18.1. The molecule has 2 heterocycles. The zero-order chi connectivity index (χ0) is 23.5. The van der Waals surface area contributed by atoms with Crippen LogP contribution in [-0.4, -0.2) is 31.2 Å². The van der Waals surface area contributed by atoms with Crippen LogP contribution in [0.15, 0.2) is 81.8 Å². The van der Waals surface area contributed by atoms with Crippen molar-refractivity contribution in [2.24, 2.45) is 0 Å². The molecule has 168 valence electrons. The van der Waals surface area contributed by atoms with Crippen molar-refractivity contribution in [3.05, 3.63) is 94.0 Å². The summed E-state index contributed by atoms with van der Waals surface area (Å²) in [7, 11) is 0. The van der Waals surface area contributed by atoms with E-state index in [-0.39, 0.29) is 5.91 Å². The van der Waals surface area contributed by atoms with Crippen molar-refractivity contribution < 1.29 is 9.32 Å². The quantitative estimate of drug-likeness (QED) is 0.322. The van der Waals surface area contributed by atoms with Crippen LogP contribution in [0.1, 0.15) is 21.5 Å². The molecule has 0 fully saturated rings. The fourth-order valence-corrected chi connectivity index (χ4v) is 3.83. The van der Waals surface area contributed by atoms with E-state index in [1.807, 2.05) is 55.5 Å². The van der Waals surface area contributed by atoms with Gasteiger partial charge in [0, 0.05) is 27.7 Å². The summed E-state index contributed by atoms with van der Waals surface area (Å²) in [5, 5.41) is 14.0. The Morgan fingerprint density at radius 2 is 1.79 bits per heavy atom. The van der Waals surface area contributed by atoms with Crippen LogP contribution in [0, 0.1) is 6.92 Å². The van der Waals surface area contributed by atoms with E-state index < -0.39 is 0 Å². The van der Waals surface area contributed by atoms with Crippen molar-refractivity contribution in [3.8, 4) is 34.5 Å². The molecule has 0 radical (unpaired) electrons. The van der Waals surface area contributed by atoms with Crippen LogP contribution < -0.4 is 5.32 Å². The van der Waals surface area contributed by atoms with Gasteiger partial charge >= 0.3 is 0 Å². The van der Waals surface area contributed by atoms with Gasteiger partial charge in [-0.15, -0.1) is 0 Å². The fraction of sp³-hybridized carbons (Fsp3) is 0.0800. The first-order chi connectivity index (χ1) is 16.5. The number of amides is 1. The van der Waals surface area contributed by atoms with E-state index in [2.05, 4.69) is 46.6 Å². The van der Waals surface area contributed by atoms with Gasteiger partial charge < -0.3 is 9.84 Å². The molecule has 0 bridgehead atoms. The van der Waals surface area contributed by atoms with Crippen LogP contribution >= 0.6 is 15.9 Å². The second-order valence-corrected chi connectivity index (χ2v) is 8.61. The molecule has 8 nitrogen and oxygen atoms in total. The summed E-state index contributed by atoms with van der Waals surface area (Å²) in [6.07, 6.45) is 0. The Labute approximate surface area is 203 Å². The number of halogens is 1. The minimum atomic E-state index is -0.152. The maximum absolute atomic E-state index is 12.5. The van der Waals surface area contributed by atoms with E-state index in [0.29, 0.717) is 41.0 Å². The standard InChI is InChI=1S/C25H19BrN6O2/c1-15-4-2-5-16(12-15)14-27-24(33)17-8-10-18(11-9-17)25-29-23(32-34-25)22-28-21(30-31-22)19-6-3-7-20(26)13-19/h2-13H,14H2,1H3,(H,27,33)(H,28,30,31). The van der Waals surface area contributed by atoms with Crippen LogP contribution in [-0.2, 0) is 6.54 Å². The number of aromatic amines is 1. The molecule has 0 saturated heterocycles. The second-order valence-electron chi connectivity index (χ2n) is 7.69.